The summed E-state index contributed by atoms with van der Waals surface area (Å²) in [6.45, 7) is 0.373. The third-order valence-electron chi connectivity index (χ3n) is 6.19. The van der Waals surface area contributed by atoms with Gasteiger partial charge in [-0.25, -0.2) is 9.18 Å². The Morgan fingerprint density at radius 3 is 1.96 bits per heavy atom. The normalized spacial score (nSPS) is 35.0. The van der Waals surface area contributed by atoms with Gasteiger partial charge in [0, 0.05) is 6.42 Å². The van der Waals surface area contributed by atoms with Crippen LogP contribution in [0.3, 0.4) is 0 Å². The van der Waals surface area contributed by atoms with Crippen LogP contribution in [0.4, 0.5) is 4.39 Å². The molecule has 0 aromatic carbocycles. The minimum absolute atomic E-state index is 0.266. The van der Waals surface area contributed by atoms with Crippen molar-refractivity contribution in [2.75, 3.05) is 13.2 Å². The lowest BCUT2D eigenvalue weighted by Gasteiger charge is -2.55. The summed E-state index contributed by atoms with van der Waals surface area (Å²) in [5, 5.41) is -3.50. The summed E-state index contributed by atoms with van der Waals surface area (Å²) in [7, 11) is -5.25. The predicted octanol–water partition coefficient (Wildman–Crippen LogP) is 2.25. The first-order valence-electron chi connectivity index (χ1n) is 9.10. The van der Waals surface area contributed by atoms with E-state index in [0.29, 0.717) is 17.8 Å². The van der Waals surface area contributed by atoms with E-state index in [9.17, 15) is 22.4 Å². The second kappa shape index (κ2) is 6.74. The molecule has 4 rings (SSSR count). The van der Waals surface area contributed by atoms with E-state index in [-0.39, 0.29) is 12.6 Å². The number of rotatable bonds is 7. The number of hydrogen-bond donors (Lipinski definition) is 1. The Balaban J connectivity index is 1.50. The molecule has 9 heteroatoms. The lowest BCUT2D eigenvalue weighted by molar-refractivity contribution is -0.175. The van der Waals surface area contributed by atoms with Crippen LogP contribution in [-0.4, -0.2) is 43.1 Å². The fourth-order valence-electron chi connectivity index (χ4n) is 5.32. The standard InChI is InChI=1S/C17H25FO7S/c1-2-17(18,26(21,22)23)15(20)25-4-3-24-14(19)16-8-11-5-12(9-16)7-13(6-11)10-16/h11-13H,2-10H2,1H3,(H,21,22,23). The number of hydrogen-bond acceptors (Lipinski definition) is 6. The van der Waals surface area contributed by atoms with Crippen LogP contribution < -0.4 is 0 Å². The van der Waals surface area contributed by atoms with Crippen molar-refractivity contribution in [1.82, 2.24) is 0 Å². The number of halogens is 1. The Morgan fingerprint density at radius 2 is 1.54 bits per heavy atom. The smallest absolute Gasteiger partial charge is 0.362 e. The summed E-state index contributed by atoms with van der Waals surface area (Å²) in [4.78, 5) is 24.2. The highest BCUT2D eigenvalue weighted by atomic mass is 32.2. The molecule has 4 aliphatic carbocycles. The van der Waals surface area contributed by atoms with Crippen molar-refractivity contribution in [3.63, 3.8) is 0 Å². The zero-order chi connectivity index (χ0) is 19.2. The molecule has 7 nitrogen and oxygen atoms in total. The third-order valence-corrected chi connectivity index (χ3v) is 7.46. The van der Waals surface area contributed by atoms with Crippen molar-refractivity contribution in [3.05, 3.63) is 0 Å². The van der Waals surface area contributed by atoms with Crippen molar-refractivity contribution < 1.29 is 36.4 Å². The molecule has 0 aromatic heterocycles. The average molecular weight is 392 g/mol. The van der Waals surface area contributed by atoms with Gasteiger partial charge in [-0.1, -0.05) is 6.92 Å². The minimum atomic E-state index is -5.25. The molecule has 1 atom stereocenters. The van der Waals surface area contributed by atoms with E-state index in [1.54, 1.807) is 0 Å². The molecule has 148 valence electrons. The van der Waals surface area contributed by atoms with Crippen molar-refractivity contribution in [2.24, 2.45) is 23.2 Å². The summed E-state index contributed by atoms with van der Waals surface area (Å²) in [6.07, 6.45) is 5.30. The lowest BCUT2D eigenvalue weighted by atomic mass is 9.49. The molecule has 4 aliphatic rings. The topological polar surface area (TPSA) is 107 Å². The maximum atomic E-state index is 14.1. The fourth-order valence-corrected chi connectivity index (χ4v) is 5.96. The number of alkyl halides is 1. The molecular weight excluding hydrogens is 367 g/mol. The van der Waals surface area contributed by atoms with Gasteiger partial charge in [0.05, 0.1) is 5.41 Å². The zero-order valence-electron chi connectivity index (χ0n) is 14.8. The Morgan fingerprint density at radius 1 is 1.08 bits per heavy atom. The van der Waals surface area contributed by atoms with E-state index in [4.69, 9.17) is 9.29 Å². The molecule has 0 saturated heterocycles. The first-order valence-corrected chi connectivity index (χ1v) is 10.5. The Kier molecular flexibility index (Phi) is 5.07. The van der Waals surface area contributed by atoms with E-state index in [2.05, 4.69) is 4.74 Å². The average Bonchev–Trinajstić information content (AvgIpc) is 2.55. The molecule has 1 unspecified atom stereocenters. The Bertz CT molecular complexity index is 654. The molecule has 0 radical (unpaired) electrons. The SMILES string of the molecule is CCC(F)(C(=O)OCCOC(=O)C12CC3CC(CC(C3)C1)C2)S(=O)(=O)O. The fraction of sp³-hybridized carbons (Fsp3) is 0.882. The number of esters is 2. The van der Waals surface area contributed by atoms with Crippen LogP contribution in [0.2, 0.25) is 0 Å². The first kappa shape index (κ1) is 19.5. The van der Waals surface area contributed by atoms with Crippen LogP contribution in [0.1, 0.15) is 51.9 Å². The van der Waals surface area contributed by atoms with Crippen LogP contribution in [0.5, 0.6) is 0 Å². The van der Waals surface area contributed by atoms with Gasteiger partial charge in [-0.15, -0.1) is 0 Å². The minimum Gasteiger partial charge on any atom is -0.462 e. The van der Waals surface area contributed by atoms with Crippen LogP contribution >= 0.6 is 0 Å². The second-order valence-corrected chi connectivity index (χ2v) is 9.62. The summed E-state index contributed by atoms with van der Waals surface area (Å²) < 4.78 is 54.8. The zero-order valence-corrected chi connectivity index (χ0v) is 15.6. The van der Waals surface area contributed by atoms with Gasteiger partial charge in [-0.3, -0.25) is 9.35 Å². The Labute approximate surface area is 152 Å². The van der Waals surface area contributed by atoms with Crippen molar-refractivity contribution in [3.8, 4) is 0 Å². The largest absolute Gasteiger partial charge is 0.462 e. The van der Waals surface area contributed by atoms with Gasteiger partial charge in [0.25, 0.3) is 0 Å². The summed E-state index contributed by atoms with van der Waals surface area (Å²) >= 11 is 0. The maximum Gasteiger partial charge on any atom is 0.362 e. The Hall–Kier alpha value is -1.22. The van der Waals surface area contributed by atoms with E-state index in [0.717, 1.165) is 26.2 Å². The number of carbonyl (C=O) groups excluding carboxylic acids is 2. The van der Waals surface area contributed by atoms with Crippen LogP contribution in [0, 0.1) is 23.2 Å². The second-order valence-electron chi connectivity index (χ2n) is 8.03. The van der Waals surface area contributed by atoms with Crippen LogP contribution in [0.15, 0.2) is 0 Å². The molecule has 0 amide bonds. The predicted molar refractivity (Wildman–Crippen MR) is 88.2 cm³/mol. The monoisotopic (exact) mass is 392 g/mol. The van der Waals surface area contributed by atoms with Gasteiger partial charge < -0.3 is 9.47 Å². The molecular formula is C17H25FO7S. The maximum absolute atomic E-state index is 14.1. The van der Waals surface area contributed by atoms with Crippen LogP contribution in [-0.2, 0) is 29.2 Å². The summed E-state index contributed by atoms with van der Waals surface area (Å²) in [5.74, 6) is -0.257. The van der Waals surface area contributed by atoms with Gasteiger partial charge in [0.15, 0.2) is 0 Å². The van der Waals surface area contributed by atoms with Gasteiger partial charge in [0.2, 0.25) is 0 Å². The van der Waals surface area contributed by atoms with E-state index in [1.807, 2.05) is 0 Å². The number of ether oxygens (including phenoxy) is 2. The molecule has 0 aliphatic heterocycles. The van der Waals surface area contributed by atoms with E-state index in [1.165, 1.54) is 19.3 Å². The highest BCUT2D eigenvalue weighted by Gasteiger charge is 2.55. The van der Waals surface area contributed by atoms with Gasteiger partial charge in [-0.05, 0) is 56.3 Å². The molecule has 0 heterocycles. The van der Waals surface area contributed by atoms with Gasteiger partial charge in [0.1, 0.15) is 13.2 Å². The summed E-state index contributed by atoms with van der Waals surface area (Å²) in [5.41, 5.74) is -0.444. The van der Waals surface area contributed by atoms with Crippen molar-refractivity contribution in [1.29, 1.82) is 0 Å². The molecule has 1 N–H and O–H groups in total. The molecule has 26 heavy (non-hydrogen) atoms. The third kappa shape index (κ3) is 3.35. The molecule has 4 saturated carbocycles. The molecule has 0 spiro atoms. The van der Waals surface area contributed by atoms with E-state index >= 15 is 0 Å². The molecule has 0 aromatic rings. The first-order chi connectivity index (χ1) is 12.1. The van der Waals surface area contributed by atoms with Gasteiger partial charge >= 0.3 is 27.1 Å². The quantitative estimate of drug-likeness (QED) is 0.402. The van der Waals surface area contributed by atoms with Gasteiger partial charge in [-0.2, -0.15) is 8.42 Å². The molecule has 4 bridgehead atoms. The number of carbonyl (C=O) groups is 2. The highest BCUT2D eigenvalue weighted by molar-refractivity contribution is 7.87. The van der Waals surface area contributed by atoms with E-state index < -0.39 is 39.5 Å². The van der Waals surface area contributed by atoms with Crippen LogP contribution in [0.25, 0.3) is 0 Å². The highest BCUT2D eigenvalue weighted by Crippen LogP contribution is 2.60. The molecule has 4 fully saturated rings. The summed E-state index contributed by atoms with van der Waals surface area (Å²) in [6, 6.07) is 0. The van der Waals surface area contributed by atoms with Crippen molar-refractivity contribution >= 4 is 22.1 Å². The van der Waals surface area contributed by atoms with Crippen molar-refractivity contribution in [2.45, 2.75) is 56.9 Å². The lowest BCUT2D eigenvalue weighted by Crippen LogP contribution is -2.50.